The lowest BCUT2D eigenvalue weighted by Crippen LogP contribution is -2.39. The molecular weight excluding hydrogens is 361 g/mol. The van der Waals surface area contributed by atoms with Gasteiger partial charge in [0.25, 0.3) is 0 Å². The van der Waals surface area contributed by atoms with Crippen molar-refractivity contribution in [1.82, 2.24) is 4.90 Å². The van der Waals surface area contributed by atoms with E-state index in [1.54, 1.807) is 13.2 Å². The number of nitrogens with zero attached hydrogens (tertiary/aromatic N) is 1. The quantitative estimate of drug-likeness (QED) is 0.821. The maximum atomic E-state index is 11.7. The summed E-state index contributed by atoms with van der Waals surface area (Å²) in [5, 5.41) is 10.5. The molecule has 1 aliphatic heterocycles. The van der Waals surface area contributed by atoms with Crippen LogP contribution in [0.1, 0.15) is 30.0 Å². The normalized spacial score (nSPS) is 18.9. The number of benzene rings is 2. The summed E-state index contributed by atoms with van der Waals surface area (Å²) in [6, 6.07) is 12.4. The van der Waals surface area contributed by atoms with Crippen LogP contribution in [-0.4, -0.2) is 35.7 Å². The fourth-order valence-corrected chi connectivity index (χ4v) is 3.74. The van der Waals surface area contributed by atoms with E-state index in [0.717, 1.165) is 23.3 Å². The van der Waals surface area contributed by atoms with Crippen molar-refractivity contribution in [2.45, 2.75) is 24.9 Å². The van der Waals surface area contributed by atoms with E-state index in [4.69, 9.17) is 27.9 Å². The Bertz CT molecular complexity index is 781. The second-order valence-electron chi connectivity index (χ2n) is 6.09. The molecule has 1 fully saturated rings. The molecule has 2 aromatic rings. The Morgan fingerprint density at radius 1 is 1.20 bits per heavy atom. The van der Waals surface area contributed by atoms with Crippen molar-refractivity contribution < 1.29 is 14.6 Å². The van der Waals surface area contributed by atoms with Crippen LogP contribution in [0.15, 0.2) is 42.5 Å². The molecule has 0 aliphatic carbocycles. The largest absolute Gasteiger partial charge is 0.497 e. The first-order valence-electron chi connectivity index (χ1n) is 8.08. The van der Waals surface area contributed by atoms with Crippen molar-refractivity contribution in [2.75, 3.05) is 13.7 Å². The number of ether oxygens (including phenoxy) is 1. The van der Waals surface area contributed by atoms with Crippen LogP contribution < -0.4 is 4.74 Å². The lowest BCUT2D eigenvalue weighted by atomic mass is 9.96. The van der Waals surface area contributed by atoms with Crippen molar-refractivity contribution in [3.05, 3.63) is 63.6 Å². The molecule has 2 aromatic carbocycles. The van der Waals surface area contributed by atoms with Crippen LogP contribution in [0.3, 0.4) is 0 Å². The molecule has 6 heteroatoms. The van der Waals surface area contributed by atoms with Gasteiger partial charge in [0.1, 0.15) is 11.8 Å². The first kappa shape index (κ1) is 18.1. The van der Waals surface area contributed by atoms with E-state index in [2.05, 4.69) is 0 Å². The highest BCUT2D eigenvalue weighted by molar-refractivity contribution is 6.42. The third-order valence-corrected chi connectivity index (χ3v) is 5.32. The van der Waals surface area contributed by atoms with Crippen molar-refractivity contribution in [3.63, 3.8) is 0 Å². The summed E-state index contributed by atoms with van der Waals surface area (Å²) in [5.74, 6) is -0.0703. The molecule has 1 heterocycles. The van der Waals surface area contributed by atoms with Crippen LogP contribution in [0, 0.1) is 0 Å². The molecule has 1 aliphatic rings. The molecule has 0 spiro atoms. The molecular formula is C19H19Cl2NO3. The van der Waals surface area contributed by atoms with Crippen LogP contribution in [0.5, 0.6) is 5.75 Å². The van der Waals surface area contributed by atoms with Gasteiger partial charge in [0.15, 0.2) is 0 Å². The van der Waals surface area contributed by atoms with Gasteiger partial charge in [-0.1, -0.05) is 41.4 Å². The van der Waals surface area contributed by atoms with Crippen LogP contribution in [-0.2, 0) is 4.79 Å². The summed E-state index contributed by atoms with van der Waals surface area (Å²) in [6.07, 6.45) is 1.48. The SMILES string of the molecule is COc1cccc(C(c2ccc(Cl)c(Cl)c2)N2CCCC2C(=O)O)c1. The van der Waals surface area contributed by atoms with Gasteiger partial charge in [-0.05, 0) is 48.2 Å². The van der Waals surface area contributed by atoms with Crippen molar-refractivity contribution in [3.8, 4) is 5.75 Å². The van der Waals surface area contributed by atoms with Crippen LogP contribution in [0.4, 0.5) is 0 Å². The highest BCUT2D eigenvalue weighted by atomic mass is 35.5. The second-order valence-corrected chi connectivity index (χ2v) is 6.90. The third-order valence-electron chi connectivity index (χ3n) is 4.58. The fraction of sp³-hybridized carbons (Fsp3) is 0.316. The average molecular weight is 380 g/mol. The number of methoxy groups -OCH3 is 1. The summed E-state index contributed by atoms with van der Waals surface area (Å²) >= 11 is 12.3. The van der Waals surface area contributed by atoms with Crippen LogP contribution in [0.25, 0.3) is 0 Å². The number of carbonyl (C=O) groups is 1. The van der Waals surface area contributed by atoms with E-state index >= 15 is 0 Å². The Hall–Kier alpha value is -1.75. The molecule has 0 radical (unpaired) electrons. The molecule has 3 rings (SSSR count). The van der Waals surface area contributed by atoms with Gasteiger partial charge in [0.2, 0.25) is 0 Å². The summed E-state index contributed by atoms with van der Waals surface area (Å²) < 4.78 is 5.34. The lowest BCUT2D eigenvalue weighted by molar-refractivity contribution is -0.142. The number of hydrogen-bond acceptors (Lipinski definition) is 3. The molecule has 2 unspecified atom stereocenters. The van der Waals surface area contributed by atoms with Crippen molar-refractivity contribution in [1.29, 1.82) is 0 Å². The zero-order valence-corrected chi connectivity index (χ0v) is 15.3. The zero-order chi connectivity index (χ0) is 18.0. The Morgan fingerprint density at radius 3 is 2.64 bits per heavy atom. The molecule has 2 atom stereocenters. The number of halogens is 2. The van der Waals surface area contributed by atoms with Crippen LogP contribution in [0.2, 0.25) is 10.0 Å². The second kappa shape index (κ2) is 7.65. The monoisotopic (exact) mass is 379 g/mol. The minimum atomic E-state index is -0.801. The molecule has 132 valence electrons. The standard InChI is InChI=1S/C19H19Cl2NO3/c1-25-14-5-2-4-12(10-14)18(13-7-8-15(20)16(21)11-13)22-9-3-6-17(22)19(23)24/h2,4-5,7-8,10-11,17-18H,3,6,9H2,1H3,(H,23,24). The molecule has 0 amide bonds. The van der Waals surface area contributed by atoms with E-state index in [1.807, 2.05) is 41.3 Å². The molecule has 1 saturated heterocycles. The number of likely N-dealkylation sites (tertiary alicyclic amines) is 1. The molecule has 25 heavy (non-hydrogen) atoms. The van der Waals surface area contributed by atoms with E-state index in [0.29, 0.717) is 23.0 Å². The van der Waals surface area contributed by atoms with E-state index in [-0.39, 0.29) is 6.04 Å². The van der Waals surface area contributed by atoms with E-state index in [9.17, 15) is 9.90 Å². The summed E-state index contributed by atoms with van der Waals surface area (Å²) in [7, 11) is 1.61. The van der Waals surface area contributed by atoms with Crippen LogP contribution >= 0.6 is 23.2 Å². The maximum absolute atomic E-state index is 11.7. The Labute approximate surface area is 156 Å². The van der Waals surface area contributed by atoms with Gasteiger partial charge in [-0.25, -0.2) is 0 Å². The van der Waals surface area contributed by atoms with Gasteiger partial charge in [0, 0.05) is 6.54 Å². The molecule has 0 aromatic heterocycles. The highest BCUT2D eigenvalue weighted by Crippen LogP contribution is 2.38. The summed E-state index contributed by atoms with van der Waals surface area (Å²) in [6.45, 7) is 0.707. The average Bonchev–Trinajstić information content (AvgIpc) is 3.08. The van der Waals surface area contributed by atoms with Gasteiger partial charge in [-0.15, -0.1) is 0 Å². The minimum absolute atomic E-state index is 0.228. The lowest BCUT2D eigenvalue weighted by Gasteiger charge is -2.32. The van der Waals surface area contributed by atoms with Gasteiger partial charge in [0.05, 0.1) is 23.2 Å². The number of carboxylic acids is 1. The smallest absolute Gasteiger partial charge is 0.320 e. The first-order valence-corrected chi connectivity index (χ1v) is 8.84. The van der Waals surface area contributed by atoms with E-state index < -0.39 is 12.0 Å². The first-order chi connectivity index (χ1) is 12.0. The molecule has 0 bridgehead atoms. The number of hydrogen-bond donors (Lipinski definition) is 1. The number of rotatable bonds is 5. The van der Waals surface area contributed by atoms with Gasteiger partial charge >= 0.3 is 5.97 Å². The molecule has 4 nitrogen and oxygen atoms in total. The van der Waals surface area contributed by atoms with Gasteiger partial charge in [-0.2, -0.15) is 0 Å². The number of aliphatic carboxylic acids is 1. The summed E-state index contributed by atoms with van der Waals surface area (Å²) in [5.41, 5.74) is 1.88. The predicted octanol–water partition coefficient (Wildman–Crippen LogP) is 4.64. The van der Waals surface area contributed by atoms with Crippen molar-refractivity contribution >= 4 is 29.2 Å². The molecule has 0 saturated carbocycles. The summed E-state index contributed by atoms with van der Waals surface area (Å²) in [4.78, 5) is 13.7. The van der Waals surface area contributed by atoms with Crippen molar-refractivity contribution in [2.24, 2.45) is 0 Å². The Morgan fingerprint density at radius 2 is 1.96 bits per heavy atom. The van der Waals surface area contributed by atoms with Gasteiger partial charge in [-0.3, -0.25) is 9.69 Å². The zero-order valence-electron chi connectivity index (χ0n) is 13.8. The maximum Gasteiger partial charge on any atom is 0.320 e. The number of carboxylic acid groups (broad SMARTS) is 1. The van der Waals surface area contributed by atoms with E-state index in [1.165, 1.54) is 0 Å². The topological polar surface area (TPSA) is 49.8 Å². The van der Waals surface area contributed by atoms with Gasteiger partial charge < -0.3 is 9.84 Å². The predicted molar refractivity (Wildman–Crippen MR) is 98.7 cm³/mol. The fourth-order valence-electron chi connectivity index (χ4n) is 3.43. The third kappa shape index (κ3) is 3.76. The highest BCUT2D eigenvalue weighted by Gasteiger charge is 2.37. The molecule has 1 N–H and O–H groups in total. The Balaban J connectivity index is 2.10. The minimum Gasteiger partial charge on any atom is -0.497 e. The Kier molecular flexibility index (Phi) is 5.52.